The normalized spacial score (nSPS) is 15.7. The lowest BCUT2D eigenvalue weighted by Gasteiger charge is -2.31. The average molecular weight is 475 g/mol. The first-order valence-electron chi connectivity index (χ1n) is 10.3. The summed E-state index contributed by atoms with van der Waals surface area (Å²) in [5.41, 5.74) is 2.73. The van der Waals surface area contributed by atoms with Crippen LogP contribution in [-0.2, 0) is 14.8 Å². The number of carbonyl (C=O) groups is 1. The fourth-order valence-electron chi connectivity index (χ4n) is 3.56. The van der Waals surface area contributed by atoms with Gasteiger partial charge in [-0.15, -0.1) is 0 Å². The number of rotatable bonds is 6. The predicted molar refractivity (Wildman–Crippen MR) is 126 cm³/mol. The molecule has 1 amide bonds. The van der Waals surface area contributed by atoms with E-state index in [-0.39, 0.29) is 17.4 Å². The van der Waals surface area contributed by atoms with Crippen LogP contribution in [0.5, 0.6) is 5.75 Å². The molecule has 1 fully saturated rings. The van der Waals surface area contributed by atoms with Gasteiger partial charge >= 0.3 is 0 Å². The first-order valence-corrected chi connectivity index (χ1v) is 12.6. The maximum Gasteiger partial charge on any atom is 0.264 e. The van der Waals surface area contributed by atoms with Crippen molar-refractivity contribution >= 4 is 42.6 Å². The van der Waals surface area contributed by atoms with E-state index in [0.29, 0.717) is 47.3 Å². The Labute approximate surface area is 191 Å². The molecule has 10 heteroatoms. The summed E-state index contributed by atoms with van der Waals surface area (Å²) in [5, 5.41) is 3.14. The molecule has 3 aromatic rings. The summed E-state index contributed by atoms with van der Waals surface area (Å²) >= 11 is 1.24. The van der Waals surface area contributed by atoms with E-state index in [9.17, 15) is 13.2 Å². The van der Waals surface area contributed by atoms with Gasteiger partial charge < -0.3 is 9.64 Å². The monoisotopic (exact) mass is 474 g/mol. The summed E-state index contributed by atoms with van der Waals surface area (Å²) < 4.78 is 33.8. The lowest BCUT2D eigenvalue weighted by Crippen LogP contribution is -2.46. The highest BCUT2D eigenvalue weighted by atomic mass is 32.2. The fourth-order valence-corrected chi connectivity index (χ4v) is 6.00. The van der Waals surface area contributed by atoms with E-state index in [1.807, 2.05) is 39.1 Å². The Balaban J connectivity index is 1.44. The summed E-state index contributed by atoms with van der Waals surface area (Å²) in [5.74, 6) is 0.336. The number of benzene rings is 2. The van der Waals surface area contributed by atoms with Gasteiger partial charge in [-0.3, -0.25) is 10.1 Å². The fraction of sp³-hybridized carbons (Fsp3) is 0.364. The molecular formula is C22H26N4O4S2. The molecule has 0 bridgehead atoms. The number of likely N-dealkylation sites (N-methyl/N-ethyl adjacent to an activating group) is 1. The molecule has 8 nitrogen and oxygen atoms in total. The second-order valence-electron chi connectivity index (χ2n) is 7.96. The average Bonchev–Trinajstić information content (AvgIpc) is 3.14. The number of aryl methyl sites for hydroxylation is 2. The van der Waals surface area contributed by atoms with Gasteiger partial charge in [-0.2, -0.15) is 4.31 Å². The van der Waals surface area contributed by atoms with Crippen LogP contribution in [0.1, 0.15) is 11.1 Å². The zero-order valence-electron chi connectivity index (χ0n) is 18.3. The Morgan fingerprint density at radius 3 is 2.59 bits per heavy atom. The Kier molecular flexibility index (Phi) is 6.47. The molecular weight excluding hydrogens is 448 g/mol. The Morgan fingerprint density at radius 2 is 1.88 bits per heavy atom. The van der Waals surface area contributed by atoms with Gasteiger partial charge in [0, 0.05) is 26.2 Å². The molecule has 170 valence electrons. The lowest BCUT2D eigenvalue weighted by atomic mass is 10.1. The van der Waals surface area contributed by atoms with Crippen LogP contribution in [0.15, 0.2) is 41.3 Å². The Bertz CT molecular complexity index is 1250. The third-order valence-corrected chi connectivity index (χ3v) is 8.22. The van der Waals surface area contributed by atoms with E-state index in [1.165, 1.54) is 15.6 Å². The minimum Gasteiger partial charge on any atom is -0.483 e. The standard InChI is InChI=1S/C22H26N4O4S2/c1-15-4-7-19(16(2)12-15)30-14-21(27)24-22-23-18-6-5-17(13-20(18)31-22)32(28,29)26-10-8-25(3)9-11-26/h4-7,12-13H,8-11,14H2,1-3H3,(H,23,24,27). The quantitative estimate of drug-likeness (QED) is 0.591. The summed E-state index contributed by atoms with van der Waals surface area (Å²) in [6.07, 6.45) is 0. The predicted octanol–water partition coefficient (Wildman–Crippen LogP) is 2.87. The van der Waals surface area contributed by atoms with Crippen LogP contribution in [0.3, 0.4) is 0 Å². The number of hydrogen-bond acceptors (Lipinski definition) is 7. The van der Waals surface area contributed by atoms with Crippen molar-refractivity contribution in [3.63, 3.8) is 0 Å². The summed E-state index contributed by atoms with van der Waals surface area (Å²) in [4.78, 5) is 19.1. The molecule has 1 N–H and O–H groups in total. The van der Waals surface area contributed by atoms with Crippen LogP contribution in [0.2, 0.25) is 0 Å². The number of nitrogens with one attached hydrogen (secondary N) is 1. The van der Waals surface area contributed by atoms with Crippen molar-refractivity contribution in [3.8, 4) is 5.75 Å². The van der Waals surface area contributed by atoms with Crippen LogP contribution in [-0.4, -0.2) is 68.3 Å². The van der Waals surface area contributed by atoms with Crippen molar-refractivity contribution in [2.75, 3.05) is 45.2 Å². The van der Waals surface area contributed by atoms with Crippen molar-refractivity contribution < 1.29 is 17.9 Å². The van der Waals surface area contributed by atoms with E-state index >= 15 is 0 Å². The van der Waals surface area contributed by atoms with E-state index in [4.69, 9.17) is 4.74 Å². The second-order valence-corrected chi connectivity index (χ2v) is 10.9. The van der Waals surface area contributed by atoms with E-state index in [0.717, 1.165) is 11.1 Å². The van der Waals surface area contributed by atoms with E-state index < -0.39 is 10.0 Å². The highest BCUT2D eigenvalue weighted by Gasteiger charge is 2.27. The molecule has 1 aromatic heterocycles. The molecule has 2 aromatic carbocycles. The molecule has 0 saturated carbocycles. The number of nitrogens with zero attached hydrogens (tertiary/aromatic N) is 3. The molecule has 0 spiro atoms. The zero-order valence-corrected chi connectivity index (χ0v) is 19.9. The first-order chi connectivity index (χ1) is 15.2. The number of piperazine rings is 1. The molecule has 1 saturated heterocycles. The zero-order chi connectivity index (χ0) is 22.9. The number of hydrogen-bond donors (Lipinski definition) is 1. The topological polar surface area (TPSA) is 91.8 Å². The van der Waals surface area contributed by atoms with Crippen molar-refractivity contribution in [1.82, 2.24) is 14.2 Å². The third kappa shape index (κ3) is 4.93. The summed E-state index contributed by atoms with van der Waals surface area (Å²) in [7, 11) is -1.58. The minimum absolute atomic E-state index is 0.136. The first kappa shape index (κ1) is 22.7. The number of sulfonamides is 1. The van der Waals surface area contributed by atoms with Crippen LogP contribution < -0.4 is 10.1 Å². The molecule has 32 heavy (non-hydrogen) atoms. The molecule has 0 aliphatic carbocycles. The minimum atomic E-state index is -3.56. The molecule has 1 aliphatic heterocycles. The van der Waals surface area contributed by atoms with Crippen LogP contribution >= 0.6 is 11.3 Å². The molecule has 0 radical (unpaired) electrons. The van der Waals surface area contributed by atoms with Crippen molar-refractivity contribution in [1.29, 1.82) is 0 Å². The molecule has 0 unspecified atom stereocenters. The largest absolute Gasteiger partial charge is 0.483 e. The molecule has 1 aliphatic rings. The Hall–Kier alpha value is -2.53. The van der Waals surface area contributed by atoms with Crippen LogP contribution in [0, 0.1) is 13.8 Å². The van der Waals surface area contributed by atoms with Crippen molar-refractivity contribution in [2.24, 2.45) is 0 Å². The Morgan fingerprint density at radius 1 is 1.12 bits per heavy atom. The summed E-state index contributed by atoms with van der Waals surface area (Å²) in [6, 6.07) is 10.7. The van der Waals surface area contributed by atoms with Crippen molar-refractivity contribution in [3.05, 3.63) is 47.5 Å². The number of thiazole rings is 1. The van der Waals surface area contributed by atoms with Crippen LogP contribution in [0.25, 0.3) is 10.2 Å². The number of aromatic nitrogens is 1. The molecule has 4 rings (SSSR count). The van der Waals surface area contributed by atoms with Gasteiger partial charge in [-0.05, 0) is 50.7 Å². The SMILES string of the molecule is Cc1ccc(OCC(=O)Nc2nc3ccc(S(=O)(=O)N4CCN(C)CC4)cc3s2)c(C)c1. The molecule has 0 atom stereocenters. The van der Waals surface area contributed by atoms with Gasteiger partial charge in [0.2, 0.25) is 10.0 Å². The van der Waals surface area contributed by atoms with Gasteiger partial charge in [0.15, 0.2) is 11.7 Å². The van der Waals surface area contributed by atoms with Crippen molar-refractivity contribution in [2.45, 2.75) is 18.7 Å². The lowest BCUT2D eigenvalue weighted by molar-refractivity contribution is -0.118. The second kappa shape index (κ2) is 9.14. The van der Waals surface area contributed by atoms with Gasteiger partial charge in [0.05, 0.1) is 15.1 Å². The maximum absolute atomic E-state index is 13.0. The summed E-state index contributed by atoms with van der Waals surface area (Å²) in [6.45, 7) is 6.16. The van der Waals surface area contributed by atoms with Gasteiger partial charge in [-0.1, -0.05) is 29.0 Å². The smallest absolute Gasteiger partial charge is 0.264 e. The van der Waals surface area contributed by atoms with Crippen LogP contribution in [0.4, 0.5) is 5.13 Å². The number of anilines is 1. The molecule has 2 heterocycles. The maximum atomic E-state index is 13.0. The highest BCUT2D eigenvalue weighted by molar-refractivity contribution is 7.89. The number of fused-ring (bicyclic) bond motifs is 1. The van der Waals surface area contributed by atoms with Gasteiger partial charge in [0.25, 0.3) is 5.91 Å². The number of ether oxygens (including phenoxy) is 1. The van der Waals surface area contributed by atoms with Gasteiger partial charge in [0.1, 0.15) is 5.75 Å². The highest BCUT2D eigenvalue weighted by Crippen LogP contribution is 2.29. The van der Waals surface area contributed by atoms with Gasteiger partial charge in [-0.25, -0.2) is 13.4 Å². The van der Waals surface area contributed by atoms with E-state index in [2.05, 4.69) is 15.2 Å². The third-order valence-electron chi connectivity index (χ3n) is 5.40. The van der Waals surface area contributed by atoms with E-state index in [1.54, 1.807) is 18.2 Å². The number of carbonyl (C=O) groups excluding carboxylic acids is 1. The number of amides is 1.